The summed E-state index contributed by atoms with van der Waals surface area (Å²) < 4.78 is 18.4. The number of carbonyl (C=O) groups is 3. The first kappa shape index (κ1) is 24.6. The molecule has 0 radical (unpaired) electrons. The number of hydrogen-bond donors (Lipinski definition) is 2. The molecule has 1 aromatic carbocycles. The van der Waals surface area contributed by atoms with Crippen molar-refractivity contribution in [1.82, 2.24) is 15.5 Å². The molecule has 3 atom stereocenters. The number of hydrogen-bond acceptors (Lipinski definition) is 4. The van der Waals surface area contributed by atoms with Gasteiger partial charge in [-0.1, -0.05) is 13.8 Å². The lowest BCUT2D eigenvalue weighted by atomic mass is 10.0. The fourth-order valence-electron chi connectivity index (χ4n) is 3.54. The second kappa shape index (κ2) is 10.1. The predicted octanol–water partition coefficient (Wildman–Crippen LogP) is 3.34. The molecule has 1 fully saturated rings. The number of halogens is 1. The zero-order chi connectivity index (χ0) is 23.3. The summed E-state index contributed by atoms with van der Waals surface area (Å²) in [4.78, 5) is 39.4. The monoisotopic (exact) mass is 435 g/mol. The van der Waals surface area contributed by atoms with Gasteiger partial charge in [0, 0.05) is 24.7 Å². The van der Waals surface area contributed by atoms with Crippen LogP contribution in [0.2, 0.25) is 0 Å². The van der Waals surface area contributed by atoms with Crippen molar-refractivity contribution in [2.45, 2.75) is 65.6 Å². The zero-order valence-corrected chi connectivity index (χ0v) is 19.2. The summed E-state index contributed by atoms with van der Waals surface area (Å²) in [7, 11) is 0. The summed E-state index contributed by atoms with van der Waals surface area (Å²) >= 11 is 0. The van der Waals surface area contributed by atoms with Crippen molar-refractivity contribution in [3.05, 3.63) is 35.6 Å². The fourth-order valence-corrected chi connectivity index (χ4v) is 3.54. The maximum absolute atomic E-state index is 13.1. The van der Waals surface area contributed by atoms with Crippen molar-refractivity contribution in [1.29, 1.82) is 0 Å². The van der Waals surface area contributed by atoms with E-state index in [1.807, 2.05) is 20.8 Å². The Kier molecular flexibility index (Phi) is 8.03. The second-order valence-electron chi connectivity index (χ2n) is 9.47. The second-order valence-corrected chi connectivity index (χ2v) is 9.47. The van der Waals surface area contributed by atoms with Crippen LogP contribution < -0.4 is 10.6 Å². The Morgan fingerprint density at radius 3 is 2.26 bits per heavy atom. The van der Waals surface area contributed by atoms with Crippen LogP contribution in [0.15, 0.2) is 24.3 Å². The van der Waals surface area contributed by atoms with Crippen LogP contribution in [0.1, 0.15) is 58.3 Å². The lowest BCUT2D eigenvalue weighted by Crippen LogP contribution is -2.51. The first-order chi connectivity index (χ1) is 14.4. The van der Waals surface area contributed by atoms with E-state index in [2.05, 4.69) is 10.6 Å². The van der Waals surface area contributed by atoms with Crippen LogP contribution in [-0.2, 0) is 9.53 Å². The molecule has 1 aliphatic heterocycles. The molecule has 3 unspecified atom stereocenters. The summed E-state index contributed by atoms with van der Waals surface area (Å²) in [5.41, 5.74) is -0.274. The number of rotatable bonds is 6. The summed E-state index contributed by atoms with van der Waals surface area (Å²) in [6.07, 6.45) is 0.274. The molecule has 7 nitrogen and oxygen atoms in total. The molecule has 8 heteroatoms. The van der Waals surface area contributed by atoms with Crippen molar-refractivity contribution in [2.75, 3.05) is 13.1 Å². The van der Waals surface area contributed by atoms with E-state index in [4.69, 9.17) is 4.74 Å². The van der Waals surface area contributed by atoms with E-state index in [1.165, 1.54) is 24.3 Å². The molecule has 1 aromatic rings. The van der Waals surface area contributed by atoms with Gasteiger partial charge >= 0.3 is 6.09 Å². The molecule has 1 aliphatic rings. The molecule has 0 bridgehead atoms. The number of nitrogens with one attached hydrogen (secondary N) is 2. The first-order valence-electron chi connectivity index (χ1n) is 10.7. The Bertz CT molecular complexity index is 789. The maximum Gasteiger partial charge on any atom is 0.407 e. The van der Waals surface area contributed by atoms with E-state index in [9.17, 15) is 18.8 Å². The molecule has 0 aromatic heterocycles. The van der Waals surface area contributed by atoms with Gasteiger partial charge in [-0.15, -0.1) is 0 Å². The Balaban J connectivity index is 1.96. The highest BCUT2D eigenvalue weighted by Crippen LogP contribution is 2.22. The topological polar surface area (TPSA) is 87.7 Å². The van der Waals surface area contributed by atoms with Crippen LogP contribution in [0.4, 0.5) is 9.18 Å². The van der Waals surface area contributed by atoms with Gasteiger partial charge in [0.25, 0.3) is 5.91 Å². The smallest absolute Gasteiger partial charge is 0.407 e. The summed E-state index contributed by atoms with van der Waals surface area (Å²) in [6, 6.07) is 4.37. The lowest BCUT2D eigenvalue weighted by molar-refractivity contribution is -0.133. The van der Waals surface area contributed by atoms with Crippen LogP contribution in [0, 0.1) is 17.7 Å². The highest BCUT2D eigenvalue weighted by Gasteiger charge is 2.36. The summed E-state index contributed by atoms with van der Waals surface area (Å²) in [5.74, 6) is -1.02. The van der Waals surface area contributed by atoms with Crippen molar-refractivity contribution < 1.29 is 23.5 Å². The number of likely N-dealkylation sites (tertiary alicyclic amines) is 1. The first-order valence-corrected chi connectivity index (χ1v) is 10.7. The largest absolute Gasteiger partial charge is 0.444 e. The molecule has 0 aliphatic carbocycles. The van der Waals surface area contributed by atoms with Gasteiger partial charge in [0.2, 0.25) is 5.91 Å². The molecule has 1 heterocycles. The third kappa shape index (κ3) is 7.22. The molecule has 1 saturated heterocycles. The van der Waals surface area contributed by atoms with Gasteiger partial charge in [-0.2, -0.15) is 0 Å². The highest BCUT2D eigenvalue weighted by molar-refractivity contribution is 5.97. The normalized spacial score (nSPS) is 18.5. The molecule has 0 saturated carbocycles. The van der Waals surface area contributed by atoms with E-state index < -0.39 is 29.5 Å². The van der Waals surface area contributed by atoms with E-state index >= 15 is 0 Å². The van der Waals surface area contributed by atoms with Gasteiger partial charge in [0.15, 0.2) is 0 Å². The molecule has 2 N–H and O–H groups in total. The highest BCUT2D eigenvalue weighted by atomic mass is 19.1. The molecule has 3 amide bonds. The van der Waals surface area contributed by atoms with Gasteiger partial charge in [0.05, 0.1) is 0 Å². The number of alkyl carbamates (subject to hydrolysis) is 1. The van der Waals surface area contributed by atoms with Crippen LogP contribution >= 0.6 is 0 Å². The average molecular weight is 436 g/mol. The summed E-state index contributed by atoms with van der Waals surface area (Å²) in [6.45, 7) is 12.1. The Morgan fingerprint density at radius 2 is 1.71 bits per heavy atom. The number of carbonyl (C=O) groups excluding carboxylic acids is 3. The third-order valence-electron chi connectivity index (χ3n) is 5.31. The zero-order valence-electron chi connectivity index (χ0n) is 19.2. The third-order valence-corrected chi connectivity index (χ3v) is 5.31. The molecule has 0 spiro atoms. The van der Waals surface area contributed by atoms with Gasteiger partial charge in [-0.3, -0.25) is 9.59 Å². The van der Waals surface area contributed by atoms with Crippen molar-refractivity contribution in [2.24, 2.45) is 11.8 Å². The standard InChI is InChI=1S/C23H34FN3O4/c1-14(2)19(26-20(28)16-7-9-18(24)10-8-16)21(29)27-12-11-17(13-27)15(3)25-22(30)31-23(4,5)6/h7-10,14-15,17,19H,11-13H2,1-6H3,(H,25,30)(H,26,28). The van der Waals surface area contributed by atoms with Gasteiger partial charge in [-0.05, 0) is 70.2 Å². The fraction of sp³-hybridized carbons (Fsp3) is 0.609. The van der Waals surface area contributed by atoms with Crippen molar-refractivity contribution in [3.8, 4) is 0 Å². The van der Waals surface area contributed by atoms with Crippen LogP contribution in [0.3, 0.4) is 0 Å². The number of nitrogens with zero attached hydrogens (tertiary/aromatic N) is 1. The number of ether oxygens (including phenoxy) is 1. The van der Waals surface area contributed by atoms with Crippen molar-refractivity contribution >= 4 is 17.9 Å². The molecular weight excluding hydrogens is 401 g/mol. The average Bonchev–Trinajstić information content (AvgIpc) is 3.14. The minimum absolute atomic E-state index is 0.0945. The lowest BCUT2D eigenvalue weighted by Gasteiger charge is -2.28. The van der Waals surface area contributed by atoms with Gasteiger partial charge < -0.3 is 20.3 Å². The quantitative estimate of drug-likeness (QED) is 0.717. The minimum Gasteiger partial charge on any atom is -0.444 e. The van der Waals surface area contributed by atoms with E-state index in [0.717, 1.165) is 6.42 Å². The van der Waals surface area contributed by atoms with Gasteiger partial charge in [0.1, 0.15) is 17.5 Å². The number of benzene rings is 1. The Labute approximate surface area is 183 Å². The predicted molar refractivity (Wildman–Crippen MR) is 116 cm³/mol. The van der Waals surface area contributed by atoms with Crippen molar-refractivity contribution in [3.63, 3.8) is 0 Å². The van der Waals surface area contributed by atoms with Crippen LogP contribution in [-0.4, -0.2) is 53.6 Å². The van der Waals surface area contributed by atoms with E-state index in [1.54, 1.807) is 25.7 Å². The van der Waals surface area contributed by atoms with Gasteiger partial charge in [-0.25, -0.2) is 9.18 Å². The van der Waals surface area contributed by atoms with Crippen LogP contribution in [0.25, 0.3) is 0 Å². The van der Waals surface area contributed by atoms with Crippen LogP contribution in [0.5, 0.6) is 0 Å². The molecule has 172 valence electrons. The van der Waals surface area contributed by atoms with E-state index in [-0.39, 0.29) is 23.8 Å². The maximum atomic E-state index is 13.1. The Morgan fingerprint density at radius 1 is 1.10 bits per heavy atom. The number of amides is 3. The molecule has 31 heavy (non-hydrogen) atoms. The Hall–Kier alpha value is -2.64. The molecular formula is C23H34FN3O4. The summed E-state index contributed by atoms with van der Waals surface area (Å²) in [5, 5.41) is 5.64. The SMILES string of the molecule is CC(C)C(NC(=O)c1ccc(F)cc1)C(=O)N1CCC(C(C)NC(=O)OC(C)(C)C)C1. The van der Waals surface area contributed by atoms with E-state index in [0.29, 0.717) is 18.7 Å². The minimum atomic E-state index is -0.689. The molecule has 2 rings (SSSR count).